The van der Waals surface area contributed by atoms with Gasteiger partial charge in [0.25, 0.3) is 0 Å². The molecule has 0 fully saturated rings. The van der Waals surface area contributed by atoms with Crippen LogP contribution in [0, 0.1) is 55.4 Å². The maximum absolute atomic E-state index is 11.9. The van der Waals surface area contributed by atoms with Crippen molar-refractivity contribution in [2.45, 2.75) is 57.3 Å². The molecule has 0 aliphatic carbocycles. The number of hydrogen-bond acceptors (Lipinski definition) is 9. The van der Waals surface area contributed by atoms with Crippen LogP contribution in [0.15, 0.2) is 182 Å². The van der Waals surface area contributed by atoms with Gasteiger partial charge in [-0.1, -0.05) is 182 Å². The summed E-state index contributed by atoms with van der Waals surface area (Å²) in [5, 5.41) is 19.9. The minimum Gasteiger partial charge on any atom is -0.376 e. The van der Waals surface area contributed by atoms with Gasteiger partial charge in [-0.3, -0.25) is 9.80 Å². The summed E-state index contributed by atoms with van der Waals surface area (Å²) >= 11 is 0. The zero-order valence-electron chi connectivity index (χ0n) is 33.2. The van der Waals surface area contributed by atoms with Crippen molar-refractivity contribution < 1.29 is 73.5 Å². The molecule has 9 nitrogen and oxygen atoms in total. The van der Waals surface area contributed by atoms with Crippen molar-refractivity contribution in [3.05, 3.63) is 215 Å². The zero-order valence-corrected chi connectivity index (χ0v) is 37.9. The number of benzene rings is 6. The molecule has 1 N–H and O–H groups in total. The molecule has 0 amide bonds. The number of aldehydes is 1. The number of carbonyl (C=O) groups excluding carboxylic acids is 1. The number of nitriles is 1. The van der Waals surface area contributed by atoms with E-state index in [4.69, 9.17) is 19.6 Å². The Labute approximate surface area is 384 Å². The number of aliphatic hydroxyl groups excluding tert-OH is 1. The summed E-state index contributed by atoms with van der Waals surface area (Å²) in [5.74, 6) is 0. The first kappa shape index (κ1) is 47.3. The minimum atomic E-state index is -1.16. The average Bonchev–Trinajstić information content (AvgIpc) is 3.29. The average molecular weight is 1000 g/mol. The third-order valence-electron chi connectivity index (χ3n) is 9.36. The second kappa shape index (κ2) is 28.2. The standard InChI is InChI=1S/C25H26N2O3.C24H25NO3.Ac/c26-17-25(28)24(16-21-10-4-1-5-11-21)27(18-22-12-6-2-7-13-22)20-30-29-19-23-14-8-3-9-15-23;26-18-24(16-21-10-4-1-5-11-21)25(17-22-12-6-2-7-13-22)20-28-27-19-23-14-8-3-9-15-23;/h1-15,24-25,28H,16,18-20H2;1-15,18,24H,16-17,19-20H2;. The van der Waals surface area contributed by atoms with E-state index in [2.05, 4.69) is 0 Å². The van der Waals surface area contributed by atoms with Crippen molar-refractivity contribution in [3.63, 3.8) is 0 Å². The molecule has 0 heterocycles. The predicted octanol–water partition coefficient (Wildman–Crippen LogP) is 8.49. The van der Waals surface area contributed by atoms with E-state index in [9.17, 15) is 15.2 Å². The molecule has 3 unspecified atom stereocenters. The summed E-state index contributed by atoms with van der Waals surface area (Å²) < 4.78 is 0. The number of hydrogen-bond donors (Lipinski definition) is 1. The van der Waals surface area contributed by atoms with Gasteiger partial charge in [-0.25, -0.2) is 19.6 Å². The van der Waals surface area contributed by atoms with E-state index in [1.807, 2.05) is 198 Å². The molecule has 6 aromatic carbocycles. The van der Waals surface area contributed by atoms with Crippen LogP contribution >= 0.6 is 0 Å². The molecule has 0 saturated heterocycles. The summed E-state index contributed by atoms with van der Waals surface area (Å²) in [6.07, 6.45) is 0.965. The fraction of sp³-hybridized carbons (Fsp3) is 0.224. The van der Waals surface area contributed by atoms with E-state index in [-0.39, 0.29) is 63.6 Å². The molecule has 10 heteroatoms. The van der Waals surface area contributed by atoms with Crippen LogP contribution in [0.3, 0.4) is 0 Å². The molecule has 59 heavy (non-hydrogen) atoms. The van der Waals surface area contributed by atoms with Gasteiger partial charge in [0.05, 0.1) is 18.2 Å². The molecule has 0 aliphatic heterocycles. The summed E-state index contributed by atoms with van der Waals surface area (Å²) in [4.78, 5) is 37.5. The number of nitrogens with zero attached hydrogens (tertiary/aromatic N) is 3. The van der Waals surface area contributed by atoms with Gasteiger partial charge in [-0.15, -0.1) is 0 Å². The van der Waals surface area contributed by atoms with Gasteiger partial charge in [0.15, 0.2) is 6.10 Å². The van der Waals surface area contributed by atoms with E-state index < -0.39 is 12.1 Å². The molecule has 6 aromatic rings. The molecule has 0 aliphatic rings. The van der Waals surface area contributed by atoms with Gasteiger partial charge in [0, 0.05) is 57.2 Å². The number of carbonyl (C=O) groups is 1. The molecule has 301 valence electrons. The SMILES string of the molecule is N#CC(O)C(Cc1ccccc1)N(COOCc1ccccc1)Cc1ccccc1.O=CC(Cc1ccccc1)N(COOCc1ccccc1)Cc1ccccc1.[Ac]. The van der Waals surface area contributed by atoms with Gasteiger partial charge in [0.1, 0.15) is 33.0 Å². The van der Waals surface area contributed by atoms with Crippen molar-refractivity contribution in [2.24, 2.45) is 0 Å². The van der Waals surface area contributed by atoms with Crippen LogP contribution in [-0.2, 0) is 63.5 Å². The molecular weight excluding hydrogens is 954 g/mol. The Morgan fingerprint density at radius 1 is 0.492 bits per heavy atom. The Morgan fingerprint density at radius 3 is 1.22 bits per heavy atom. The summed E-state index contributed by atoms with van der Waals surface area (Å²) in [5.41, 5.74) is 6.38. The normalized spacial score (nSPS) is 12.3. The molecule has 3 atom stereocenters. The molecule has 0 spiro atoms. The fourth-order valence-electron chi connectivity index (χ4n) is 6.23. The zero-order chi connectivity index (χ0) is 40.5. The van der Waals surface area contributed by atoms with Gasteiger partial charge in [-0.05, 0) is 46.2 Å². The monoisotopic (exact) mass is 1000 g/mol. The number of rotatable bonds is 22. The number of aliphatic hydroxyl groups is 1. The van der Waals surface area contributed by atoms with Crippen LogP contribution in [0.5, 0.6) is 0 Å². The second-order valence-corrected chi connectivity index (χ2v) is 13.7. The summed E-state index contributed by atoms with van der Waals surface area (Å²) in [7, 11) is 0. The van der Waals surface area contributed by atoms with Crippen molar-refractivity contribution in [2.75, 3.05) is 13.5 Å². The van der Waals surface area contributed by atoms with Crippen LogP contribution in [0.4, 0.5) is 0 Å². The molecule has 0 aromatic heterocycles. The molecule has 0 saturated carbocycles. The van der Waals surface area contributed by atoms with Gasteiger partial charge in [-0.2, -0.15) is 5.26 Å². The first-order chi connectivity index (χ1) is 28.6. The van der Waals surface area contributed by atoms with E-state index in [0.717, 1.165) is 39.7 Å². The Bertz CT molecular complexity index is 2010. The molecule has 6 rings (SSSR count). The molecule has 0 bridgehead atoms. The third-order valence-corrected chi connectivity index (χ3v) is 9.36. The smallest absolute Gasteiger partial charge is 0.156 e. The van der Waals surface area contributed by atoms with Crippen LogP contribution in [0.2, 0.25) is 0 Å². The molecular formula is C49H51AcN3O6. The van der Waals surface area contributed by atoms with Gasteiger partial charge >= 0.3 is 0 Å². The van der Waals surface area contributed by atoms with Crippen LogP contribution in [0.1, 0.15) is 33.4 Å². The van der Waals surface area contributed by atoms with Crippen LogP contribution < -0.4 is 0 Å². The fourth-order valence-corrected chi connectivity index (χ4v) is 6.23. The predicted molar refractivity (Wildman–Crippen MR) is 224 cm³/mol. The van der Waals surface area contributed by atoms with Crippen molar-refractivity contribution in [1.82, 2.24) is 9.80 Å². The van der Waals surface area contributed by atoms with E-state index in [0.29, 0.717) is 39.1 Å². The molecule has 1 radical (unpaired) electrons. The Morgan fingerprint density at radius 2 is 0.831 bits per heavy atom. The Hall–Kier alpha value is -4.36. The third kappa shape index (κ3) is 17.8. The minimum absolute atomic E-state index is 0. The maximum atomic E-state index is 11.9. The van der Waals surface area contributed by atoms with Crippen LogP contribution in [0.25, 0.3) is 0 Å². The summed E-state index contributed by atoms with van der Waals surface area (Å²) in [6, 6.07) is 60.6. The van der Waals surface area contributed by atoms with Gasteiger partial charge < -0.3 is 9.90 Å². The Kier molecular flexibility index (Phi) is 22.6. The van der Waals surface area contributed by atoms with Gasteiger partial charge in [0.2, 0.25) is 0 Å². The largest absolute Gasteiger partial charge is 0.376 e. The van der Waals surface area contributed by atoms with E-state index >= 15 is 0 Å². The van der Waals surface area contributed by atoms with Crippen molar-refractivity contribution >= 4 is 6.29 Å². The van der Waals surface area contributed by atoms with E-state index in [1.165, 1.54) is 0 Å². The first-order valence-electron chi connectivity index (χ1n) is 19.3. The van der Waals surface area contributed by atoms with Crippen molar-refractivity contribution in [3.8, 4) is 6.07 Å². The van der Waals surface area contributed by atoms with E-state index in [1.54, 1.807) is 0 Å². The quantitative estimate of drug-likeness (QED) is 0.0179. The van der Waals surface area contributed by atoms with Crippen molar-refractivity contribution in [1.29, 1.82) is 5.26 Å². The first-order valence-corrected chi connectivity index (χ1v) is 19.3. The summed E-state index contributed by atoms with van der Waals surface area (Å²) in [6.45, 7) is 2.14. The second-order valence-electron chi connectivity index (χ2n) is 13.7. The maximum Gasteiger partial charge on any atom is 0.156 e. The van der Waals surface area contributed by atoms with Crippen LogP contribution in [-0.4, -0.2) is 52.8 Å². The Balaban J connectivity index is 0.000000257. The topological polar surface area (TPSA) is 104 Å².